The number of hydrogen-bond acceptors (Lipinski definition) is 3. The molecule has 0 bridgehead atoms. The van der Waals surface area contributed by atoms with Gasteiger partial charge in [-0.1, -0.05) is 6.42 Å². The summed E-state index contributed by atoms with van der Waals surface area (Å²) in [5, 5.41) is 0. The summed E-state index contributed by atoms with van der Waals surface area (Å²) in [6, 6.07) is 0. The number of nitrogens with two attached hydrogens (primary N) is 1. The van der Waals surface area contributed by atoms with Gasteiger partial charge in [0.2, 0.25) is 0 Å². The van der Waals surface area contributed by atoms with Crippen LogP contribution in [-0.2, 0) is 0 Å². The van der Waals surface area contributed by atoms with E-state index in [1.165, 1.54) is 12.5 Å². The van der Waals surface area contributed by atoms with Crippen molar-refractivity contribution in [1.29, 1.82) is 0 Å². The van der Waals surface area contributed by atoms with E-state index in [4.69, 9.17) is 5.73 Å². The second-order valence-corrected chi connectivity index (χ2v) is 4.68. The molecule has 0 radical (unpaired) electrons. The normalized spacial score (nSPS) is 24.3. The lowest BCUT2D eigenvalue weighted by molar-refractivity contribution is 0.481. The summed E-state index contributed by atoms with van der Waals surface area (Å²) in [5.41, 5.74) is 7.88. The SMILES string of the molecule is NC1=C2CC=C(F)C=C2N=C2CCCCCN21. The second-order valence-electron chi connectivity index (χ2n) is 4.68. The third-order valence-corrected chi connectivity index (χ3v) is 3.53. The standard InChI is InChI=1S/C13H16FN3/c14-9-5-6-10-11(8-9)16-12-4-2-1-3-7-17(12)13(10)15/h5,8H,1-4,6-7,15H2. The highest BCUT2D eigenvalue weighted by atomic mass is 19.1. The first-order valence-electron chi connectivity index (χ1n) is 6.17. The number of nitrogens with zero attached hydrogens (tertiary/aromatic N) is 2. The van der Waals surface area contributed by atoms with Crippen molar-refractivity contribution in [3.8, 4) is 0 Å². The molecule has 2 aliphatic heterocycles. The zero-order chi connectivity index (χ0) is 11.8. The molecule has 0 aromatic rings. The molecule has 0 spiro atoms. The van der Waals surface area contributed by atoms with E-state index in [2.05, 4.69) is 9.89 Å². The molecule has 1 fully saturated rings. The van der Waals surface area contributed by atoms with Crippen LogP contribution in [0.4, 0.5) is 4.39 Å². The number of hydrogen-bond donors (Lipinski definition) is 1. The van der Waals surface area contributed by atoms with Crippen molar-refractivity contribution in [2.45, 2.75) is 32.1 Å². The van der Waals surface area contributed by atoms with E-state index < -0.39 is 0 Å². The Kier molecular flexibility index (Phi) is 2.50. The van der Waals surface area contributed by atoms with Crippen molar-refractivity contribution in [3.05, 3.63) is 35.1 Å². The van der Waals surface area contributed by atoms with Crippen molar-refractivity contribution in [1.82, 2.24) is 4.90 Å². The molecule has 4 heteroatoms. The molecule has 3 aliphatic rings. The van der Waals surface area contributed by atoms with Gasteiger partial charge in [0.15, 0.2) is 0 Å². The van der Waals surface area contributed by atoms with Crippen LogP contribution < -0.4 is 5.73 Å². The smallest absolute Gasteiger partial charge is 0.121 e. The predicted octanol–water partition coefficient (Wildman–Crippen LogP) is 2.59. The number of allylic oxidation sites excluding steroid dienone is 4. The van der Waals surface area contributed by atoms with Crippen LogP contribution in [0.5, 0.6) is 0 Å². The van der Waals surface area contributed by atoms with Crippen molar-refractivity contribution >= 4 is 5.84 Å². The fraction of sp³-hybridized carbons (Fsp3) is 0.462. The molecular weight excluding hydrogens is 217 g/mol. The topological polar surface area (TPSA) is 41.6 Å². The van der Waals surface area contributed by atoms with E-state index in [0.29, 0.717) is 6.42 Å². The molecule has 2 heterocycles. The van der Waals surface area contributed by atoms with Gasteiger partial charge in [0.05, 0.1) is 5.70 Å². The zero-order valence-electron chi connectivity index (χ0n) is 9.75. The zero-order valence-corrected chi connectivity index (χ0v) is 9.75. The van der Waals surface area contributed by atoms with Crippen molar-refractivity contribution in [2.75, 3.05) is 6.54 Å². The van der Waals surface area contributed by atoms with Gasteiger partial charge < -0.3 is 10.6 Å². The van der Waals surface area contributed by atoms with Crippen LogP contribution in [0.25, 0.3) is 0 Å². The molecule has 0 atom stereocenters. The Morgan fingerprint density at radius 3 is 3.06 bits per heavy atom. The largest absolute Gasteiger partial charge is 0.385 e. The number of halogens is 1. The molecular formula is C13H16FN3. The Morgan fingerprint density at radius 1 is 1.29 bits per heavy atom. The Hall–Kier alpha value is -1.58. The molecule has 0 aromatic carbocycles. The van der Waals surface area contributed by atoms with Crippen LogP contribution >= 0.6 is 0 Å². The minimum Gasteiger partial charge on any atom is -0.385 e. The van der Waals surface area contributed by atoms with Crippen LogP contribution in [0, 0.1) is 0 Å². The van der Waals surface area contributed by atoms with Gasteiger partial charge in [0.1, 0.15) is 17.5 Å². The van der Waals surface area contributed by atoms with Crippen LogP contribution in [0.2, 0.25) is 0 Å². The van der Waals surface area contributed by atoms with Crippen LogP contribution in [0.15, 0.2) is 40.1 Å². The first-order chi connectivity index (χ1) is 8.25. The Labute approximate surface area is 100 Å². The average molecular weight is 233 g/mol. The Morgan fingerprint density at radius 2 is 2.18 bits per heavy atom. The summed E-state index contributed by atoms with van der Waals surface area (Å²) in [7, 11) is 0. The molecule has 1 saturated heterocycles. The van der Waals surface area contributed by atoms with Gasteiger partial charge in [-0.05, 0) is 31.4 Å². The lowest BCUT2D eigenvalue weighted by Gasteiger charge is -2.31. The highest BCUT2D eigenvalue weighted by Gasteiger charge is 2.27. The highest BCUT2D eigenvalue weighted by molar-refractivity contribution is 5.87. The molecule has 0 unspecified atom stereocenters. The molecule has 0 saturated carbocycles. The summed E-state index contributed by atoms with van der Waals surface area (Å²) < 4.78 is 13.2. The molecule has 1 aliphatic carbocycles. The average Bonchev–Trinajstić information content (AvgIpc) is 2.54. The van der Waals surface area contributed by atoms with Crippen LogP contribution in [0.3, 0.4) is 0 Å². The number of amidine groups is 1. The van der Waals surface area contributed by atoms with E-state index in [0.717, 1.165) is 48.7 Å². The van der Waals surface area contributed by atoms with Gasteiger partial charge in [0, 0.05) is 18.5 Å². The lowest BCUT2D eigenvalue weighted by atomic mass is 10.0. The number of fused-ring (bicyclic) bond motifs is 2. The Bertz CT molecular complexity index is 471. The summed E-state index contributed by atoms with van der Waals surface area (Å²) in [4.78, 5) is 6.68. The van der Waals surface area contributed by atoms with E-state index in [-0.39, 0.29) is 5.83 Å². The van der Waals surface area contributed by atoms with Gasteiger partial charge in [-0.25, -0.2) is 9.38 Å². The molecule has 90 valence electrons. The van der Waals surface area contributed by atoms with E-state index >= 15 is 0 Å². The maximum absolute atomic E-state index is 13.2. The predicted molar refractivity (Wildman–Crippen MR) is 65.7 cm³/mol. The fourth-order valence-electron chi connectivity index (χ4n) is 2.59. The number of rotatable bonds is 0. The maximum atomic E-state index is 13.2. The van der Waals surface area contributed by atoms with Gasteiger partial charge in [-0.15, -0.1) is 0 Å². The lowest BCUT2D eigenvalue weighted by Crippen LogP contribution is -2.37. The molecule has 0 aromatic heterocycles. The van der Waals surface area contributed by atoms with Gasteiger partial charge in [0.25, 0.3) is 0 Å². The van der Waals surface area contributed by atoms with Gasteiger partial charge >= 0.3 is 0 Å². The molecule has 17 heavy (non-hydrogen) atoms. The fourth-order valence-corrected chi connectivity index (χ4v) is 2.59. The molecule has 0 amide bonds. The van der Waals surface area contributed by atoms with Crippen LogP contribution in [-0.4, -0.2) is 17.3 Å². The quantitative estimate of drug-likeness (QED) is 0.698. The van der Waals surface area contributed by atoms with Crippen molar-refractivity contribution in [2.24, 2.45) is 10.7 Å². The van der Waals surface area contributed by atoms with Crippen molar-refractivity contribution < 1.29 is 4.39 Å². The summed E-state index contributed by atoms with van der Waals surface area (Å²) in [6.45, 7) is 0.938. The number of aliphatic imine (C=N–C) groups is 1. The van der Waals surface area contributed by atoms with Crippen LogP contribution in [0.1, 0.15) is 32.1 Å². The monoisotopic (exact) mass is 233 g/mol. The summed E-state index contributed by atoms with van der Waals surface area (Å²) in [5.74, 6) is 1.57. The van der Waals surface area contributed by atoms with E-state index in [1.807, 2.05) is 0 Å². The van der Waals surface area contributed by atoms with E-state index in [9.17, 15) is 4.39 Å². The van der Waals surface area contributed by atoms with Gasteiger partial charge in [-0.3, -0.25) is 0 Å². The molecule has 2 N–H and O–H groups in total. The minimum atomic E-state index is -0.206. The first-order valence-corrected chi connectivity index (χ1v) is 6.17. The maximum Gasteiger partial charge on any atom is 0.121 e. The first kappa shape index (κ1) is 10.6. The minimum absolute atomic E-state index is 0.206. The molecule has 3 rings (SSSR count). The summed E-state index contributed by atoms with van der Waals surface area (Å²) >= 11 is 0. The summed E-state index contributed by atoms with van der Waals surface area (Å²) in [6.07, 6.45) is 8.04. The molecule has 3 nitrogen and oxygen atoms in total. The third kappa shape index (κ3) is 1.77. The van der Waals surface area contributed by atoms with E-state index in [1.54, 1.807) is 6.08 Å². The highest BCUT2D eigenvalue weighted by Crippen LogP contribution is 2.32. The Balaban J connectivity index is 2.03. The van der Waals surface area contributed by atoms with Crippen molar-refractivity contribution in [3.63, 3.8) is 0 Å². The second kappa shape index (κ2) is 4.02. The third-order valence-electron chi connectivity index (χ3n) is 3.53. The van der Waals surface area contributed by atoms with Gasteiger partial charge in [-0.2, -0.15) is 0 Å².